The SMILES string of the molecule is CCNCCc1cn(Cc2ccc(F)cc2Cl)cn1. The Kier molecular flexibility index (Phi) is 4.93. The molecule has 0 atom stereocenters. The van der Waals surface area contributed by atoms with Crippen LogP contribution in [0, 0.1) is 5.82 Å². The molecular weight excluding hydrogens is 265 g/mol. The van der Waals surface area contributed by atoms with E-state index in [1.807, 2.05) is 10.8 Å². The van der Waals surface area contributed by atoms with E-state index in [-0.39, 0.29) is 5.82 Å². The molecule has 0 fully saturated rings. The summed E-state index contributed by atoms with van der Waals surface area (Å²) in [5.41, 5.74) is 1.93. The standard InChI is InChI=1S/C14H17ClFN3/c1-2-17-6-5-13-9-19(10-18-13)8-11-3-4-12(16)7-14(11)15/h3-4,7,9-10,17H,2,5-6,8H2,1H3. The summed E-state index contributed by atoms with van der Waals surface area (Å²) in [7, 11) is 0. The average molecular weight is 282 g/mol. The lowest BCUT2D eigenvalue weighted by molar-refractivity contribution is 0.626. The number of imidazole rings is 1. The van der Waals surface area contributed by atoms with Crippen molar-refractivity contribution in [3.63, 3.8) is 0 Å². The van der Waals surface area contributed by atoms with Gasteiger partial charge in [-0.15, -0.1) is 0 Å². The Morgan fingerprint density at radius 1 is 1.42 bits per heavy atom. The van der Waals surface area contributed by atoms with Crippen LogP contribution in [-0.4, -0.2) is 22.6 Å². The van der Waals surface area contributed by atoms with E-state index in [0.29, 0.717) is 11.6 Å². The van der Waals surface area contributed by atoms with E-state index >= 15 is 0 Å². The minimum Gasteiger partial charge on any atom is -0.333 e. The molecule has 1 aromatic carbocycles. The zero-order chi connectivity index (χ0) is 13.7. The number of aromatic nitrogens is 2. The van der Waals surface area contributed by atoms with E-state index in [1.54, 1.807) is 12.4 Å². The highest BCUT2D eigenvalue weighted by Gasteiger charge is 2.04. The van der Waals surface area contributed by atoms with Crippen molar-refractivity contribution in [2.24, 2.45) is 0 Å². The maximum absolute atomic E-state index is 13.0. The summed E-state index contributed by atoms with van der Waals surface area (Å²) in [6.07, 6.45) is 4.68. The summed E-state index contributed by atoms with van der Waals surface area (Å²) in [5, 5.41) is 3.71. The number of hydrogen-bond donors (Lipinski definition) is 1. The maximum Gasteiger partial charge on any atom is 0.124 e. The molecule has 0 radical (unpaired) electrons. The van der Waals surface area contributed by atoms with Crippen molar-refractivity contribution >= 4 is 11.6 Å². The second-order valence-corrected chi connectivity index (χ2v) is 4.78. The van der Waals surface area contributed by atoms with Gasteiger partial charge in [0.1, 0.15) is 5.82 Å². The van der Waals surface area contributed by atoms with Gasteiger partial charge in [0.15, 0.2) is 0 Å². The minimum absolute atomic E-state index is 0.314. The van der Waals surface area contributed by atoms with Crippen LogP contribution in [0.15, 0.2) is 30.7 Å². The first-order chi connectivity index (χ1) is 9.19. The molecule has 0 saturated heterocycles. The fraction of sp³-hybridized carbons (Fsp3) is 0.357. The Morgan fingerprint density at radius 3 is 3.00 bits per heavy atom. The summed E-state index contributed by atoms with van der Waals surface area (Å²) in [4.78, 5) is 4.34. The number of nitrogens with one attached hydrogen (secondary N) is 1. The highest BCUT2D eigenvalue weighted by Crippen LogP contribution is 2.18. The first-order valence-corrected chi connectivity index (χ1v) is 6.72. The quantitative estimate of drug-likeness (QED) is 0.825. The maximum atomic E-state index is 13.0. The molecule has 0 unspecified atom stereocenters. The molecule has 0 aliphatic rings. The van der Waals surface area contributed by atoms with Crippen molar-refractivity contribution in [3.05, 3.63) is 52.8 Å². The van der Waals surface area contributed by atoms with E-state index in [9.17, 15) is 4.39 Å². The lowest BCUT2D eigenvalue weighted by Gasteiger charge is -2.05. The van der Waals surface area contributed by atoms with E-state index in [4.69, 9.17) is 11.6 Å². The van der Waals surface area contributed by atoms with Gasteiger partial charge in [-0.3, -0.25) is 0 Å². The molecular formula is C14H17ClFN3. The van der Waals surface area contributed by atoms with Crippen molar-refractivity contribution in [1.82, 2.24) is 14.9 Å². The molecule has 1 N–H and O–H groups in total. The monoisotopic (exact) mass is 281 g/mol. The zero-order valence-corrected chi connectivity index (χ0v) is 11.6. The summed E-state index contributed by atoms with van der Waals surface area (Å²) in [5.74, 6) is -0.314. The van der Waals surface area contributed by atoms with Gasteiger partial charge in [0, 0.05) is 30.7 Å². The largest absolute Gasteiger partial charge is 0.333 e. The van der Waals surface area contributed by atoms with Gasteiger partial charge < -0.3 is 9.88 Å². The molecule has 5 heteroatoms. The van der Waals surface area contributed by atoms with Gasteiger partial charge in [0.25, 0.3) is 0 Å². The number of likely N-dealkylation sites (N-methyl/N-ethyl adjacent to an activating group) is 1. The van der Waals surface area contributed by atoms with Gasteiger partial charge in [-0.2, -0.15) is 0 Å². The Bertz CT molecular complexity index is 539. The number of halogens is 2. The highest BCUT2D eigenvalue weighted by molar-refractivity contribution is 6.31. The van der Waals surface area contributed by atoms with Gasteiger partial charge in [-0.05, 0) is 24.2 Å². The molecule has 1 aromatic heterocycles. The molecule has 0 saturated carbocycles. The highest BCUT2D eigenvalue weighted by atomic mass is 35.5. The third-order valence-electron chi connectivity index (χ3n) is 2.86. The Morgan fingerprint density at radius 2 is 2.26 bits per heavy atom. The predicted octanol–water partition coefficient (Wildman–Crippen LogP) is 2.88. The van der Waals surface area contributed by atoms with Crippen LogP contribution in [0.4, 0.5) is 4.39 Å². The average Bonchev–Trinajstić information content (AvgIpc) is 2.81. The molecule has 3 nitrogen and oxygen atoms in total. The molecule has 19 heavy (non-hydrogen) atoms. The van der Waals surface area contributed by atoms with E-state index in [2.05, 4.69) is 17.2 Å². The van der Waals surface area contributed by atoms with Crippen LogP contribution in [0.25, 0.3) is 0 Å². The van der Waals surface area contributed by atoms with Gasteiger partial charge >= 0.3 is 0 Å². The zero-order valence-electron chi connectivity index (χ0n) is 10.9. The molecule has 0 aliphatic carbocycles. The van der Waals surface area contributed by atoms with E-state index in [1.165, 1.54) is 12.1 Å². The summed E-state index contributed by atoms with van der Waals surface area (Å²) >= 11 is 6.00. The van der Waals surface area contributed by atoms with Crippen LogP contribution >= 0.6 is 11.6 Å². The molecule has 0 spiro atoms. The number of rotatable bonds is 6. The second-order valence-electron chi connectivity index (χ2n) is 4.38. The summed E-state index contributed by atoms with van der Waals surface area (Å²) in [6, 6.07) is 4.46. The molecule has 2 rings (SSSR count). The molecule has 2 aromatic rings. The Balaban J connectivity index is 1.99. The molecule has 102 valence electrons. The topological polar surface area (TPSA) is 29.9 Å². The van der Waals surface area contributed by atoms with Crippen LogP contribution in [0.1, 0.15) is 18.2 Å². The van der Waals surface area contributed by atoms with Crippen LogP contribution in [0.5, 0.6) is 0 Å². The van der Waals surface area contributed by atoms with Crippen LogP contribution < -0.4 is 5.32 Å². The summed E-state index contributed by atoms with van der Waals surface area (Å²) < 4.78 is 14.9. The van der Waals surface area contributed by atoms with Crippen LogP contribution in [-0.2, 0) is 13.0 Å². The lowest BCUT2D eigenvalue weighted by Crippen LogP contribution is -2.16. The van der Waals surface area contributed by atoms with Crippen LogP contribution in [0.2, 0.25) is 5.02 Å². The van der Waals surface area contributed by atoms with Crippen molar-refractivity contribution in [2.45, 2.75) is 19.9 Å². The normalized spacial score (nSPS) is 10.9. The van der Waals surface area contributed by atoms with Crippen molar-refractivity contribution in [3.8, 4) is 0 Å². The van der Waals surface area contributed by atoms with Crippen molar-refractivity contribution in [1.29, 1.82) is 0 Å². The third kappa shape index (κ3) is 4.04. The Labute approximate surface area is 117 Å². The first kappa shape index (κ1) is 14.0. The second kappa shape index (κ2) is 6.68. The van der Waals surface area contributed by atoms with Gasteiger partial charge in [-0.25, -0.2) is 9.37 Å². The fourth-order valence-electron chi connectivity index (χ4n) is 1.86. The van der Waals surface area contributed by atoms with Crippen LogP contribution in [0.3, 0.4) is 0 Å². The van der Waals surface area contributed by atoms with Crippen molar-refractivity contribution in [2.75, 3.05) is 13.1 Å². The van der Waals surface area contributed by atoms with Gasteiger partial charge in [0.2, 0.25) is 0 Å². The van der Waals surface area contributed by atoms with Gasteiger partial charge in [-0.1, -0.05) is 24.6 Å². The first-order valence-electron chi connectivity index (χ1n) is 6.34. The molecule has 0 bridgehead atoms. The fourth-order valence-corrected chi connectivity index (χ4v) is 2.09. The molecule has 1 heterocycles. The van der Waals surface area contributed by atoms with E-state index < -0.39 is 0 Å². The smallest absolute Gasteiger partial charge is 0.124 e. The third-order valence-corrected chi connectivity index (χ3v) is 3.21. The number of nitrogens with zero attached hydrogens (tertiary/aromatic N) is 2. The number of benzene rings is 1. The van der Waals surface area contributed by atoms with E-state index in [0.717, 1.165) is 30.8 Å². The van der Waals surface area contributed by atoms with Gasteiger partial charge in [0.05, 0.1) is 12.0 Å². The predicted molar refractivity (Wildman–Crippen MR) is 75.0 cm³/mol. The lowest BCUT2D eigenvalue weighted by atomic mass is 10.2. The van der Waals surface area contributed by atoms with Crippen molar-refractivity contribution < 1.29 is 4.39 Å². The Hall–Kier alpha value is -1.39. The molecule has 0 aliphatic heterocycles. The minimum atomic E-state index is -0.314. The number of hydrogen-bond acceptors (Lipinski definition) is 2. The summed E-state index contributed by atoms with van der Waals surface area (Å²) in [6.45, 7) is 4.57. The molecule has 0 amide bonds.